The number of rotatable bonds is 4. The van der Waals surface area contributed by atoms with Crippen molar-refractivity contribution < 1.29 is 9.53 Å². The van der Waals surface area contributed by atoms with Gasteiger partial charge in [0.25, 0.3) is 0 Å². The third-order valence-corrected chi connectivity index (χ3v) is 3.68. The maximum atomic E-state index is 11.9. The molecule has 8 heteroatoms. The quantitative estimate of drug-likeness (QED) is 0.876. The molecular weight excluding hydrogens is 276 g/mol. The predicted octanol–water partition coefficient (Wildman–Crippen LogP) is 0.528. The van der Waals surface area contributed by atoms with Crippen molar-refractivity contribution >= 4 is 28.8 Å². The average molecular weight is 291 g/mol. The molecule has 1 aliphatic rings. The smallest absolute Gasteiger partial charge is 0.239 e. The summed E-state index contributed by atoms with van der Waals surface area (Å²) in [6.45, 7) is 4.85. The number of carbonyl (C=O) groups excluding carboxylic acids is 1. The maximum absolute atomic E-state index is 11.9. The van der Waals surface area contributed by atoms with Crippen molar-refractivity contribution in [1.29, 1.82) is 0 Å². The summed E-state index contributed by atoms with van der Waals surface area (Å²) in [6, 6.07) is -0.263. The Bertz CT molecular complexity index is 414. The molecule has 0 radical (unpaired) electrons. The van der Waals surface area contributed by atoms with Crippen molar-refractivity contribution in [3.05, 3.63) is 9.47 Å². The third-order valence-electron chi connectivity index (χ3n) is 2.67. The number of morpholine rings is 1. The zero-order valence-corrected chi connectivity index (χ0v) is 11.6. The highest BCUT2D eigenvalue weighted by atomic mass is 35.5. The molecule has 2 rings (SSSR count). The molecule has 1 amide bonds. The fourth-order valence-electron chi connectivity index (χ4n) is 1.83. The summed E-state index contributed by atoms with van der Waals surface area (Å²) in [6.07, 6.45) is 0. The number of likely N-dealkylation sites (N-methyl/N-ethyl adjacent to an activating group) is 1. The van der Waals surface area contributed by atoms with Crippen LogP contribution in [-0.4, -0.2) is 53.3 Å². The molecule has 0 aromatic carbocycles. The lowest BCUT2D eigenvalue weighted by Crippen LogP contribution is -2.53. The largest absolute Gasteiger partial charge is 0.378 e. The van der Waals surface area contributed by atoms with E-state index in [9.17, 15) is 4.79 Å². The summed E-state index contributed by atoms with van der Waals surface area (Å²) in [5.41, 5.74) is 0. The van der Waals surface area contributed by atoms with Gasteiger partial charge in [0.15, 0.2) is 0 Å². The van der Waals surface area contributed by atoms with E-state index in [0.717, 1.165) is 5.01 Å². The summed E-state index contributed by atoms with van der Waals surface area (Å²) in [4.78, 5) is 14.0. The van der Waals surface area contributed by atoms with Crippen molar-refractivity contribution in [2.75, 3.05) is 26.3 Å². The highest BCUT2D eigenvalue weighted by molar-refractivity contribution is 7.15. The first-order valence-electron chi connectivity index (χ1n) is 5.78. The zero-order valence-electron chi connectivity index (χ0n) is 10.1. The lowest BCUT2D eigenvalue weighted by molar-refractivity contribution is -0.132. The van der Waals surface area contributed by atoms with Gasteiger partial charge < -0.3 is 10.1 Å². The minimum Gasteiger partial charge on any atom is -0.378 e. The van der Waals surface area contributed by atoms with Crippen molar-refractivity contribution in [2.45, 2.75) is 19.5 Å². The van der Waals surface area contributed by atoms with Gasteiger partial charge in [0.1, 0.15) is 11.0 Å². The van der Waals surface area contributed by atoms with Crippen molar-refractivity contribution in [2.24, 2.45) is 0 Å². The molecule has 1 atom stereocenters. The predicted molar refractivity (Wildman–Crippen MR) is 68.6 cm³/mol. The molecule has 100 valence electrons. The molecule has 1 aliphatic heterocycles. The number of nitrogens with zero attached hydrogens (tertiary/aromatic N) is 3. The molecular formula is C10H15ClN4O2S. The van der Waals surface area contributed by atoms with Crippen LogP contribution >= 0.6 is 22.9 Å². The van der Waals surface area contributed by atoms with Crippen LogP contribution in [0.1, 0.15) is 11.9 Å². The topological polar surface area (TPSA) is 67.3 Å². The summed E-state index contributed by atoms with van der Waals surface area (Å²) in [7, 11) is 0. The fourth-order valence-corrected chi connectivity index (χ4v) is 2.72. The monoisotopic (exact) mass is 290 g/mol. The zero-order chi connectivity index (χ0) is 13.0. The molecule has 6 nitrogen and oxygen atoms in total. The molecule has 0 aliphatic carbocycles. The summed E-state index contributed by atoms with van der Waals surface area (Å²) in [5.74, 6) is -0.00666. The molecule has 1 fully saturated rings. The fraction of sp³-hybridized carbons (Fsp3) is 0.700. The number of amides is 1. The molecule has 18 heavy (non-hydrogen) atoms. The second-order valence-corrected chi connectivity index (χ2v) is 5.55. The molecule has 1 aromatic rings. The van der Waals surface area contributed by atoms with E-state index >= 15 is 0 Å². The minimum absolute atomic E-state index is 0.00666. The van der Waals surface area contributed by atoms with Gasteiger partial charge >= 0.3 is 0 Å². The van der Waals surface area contributed by atoms with E-state index in [4.69, 9.17) is 16.3 Å². The van der Waals surface area contributed by atoms with Gasteiger partial charge in [-0.15, -0.1) is 10.2 Å². The number of carbonyl (C=O) groups is 1. The number of nitrogens with one attached hydrogen (secondary N) is 1. The molecule has 2 heterocycles. The number of hydrogen-bond acceptors (Lipinski definition) is 6. The molecule has 1 unspecified atom stereocenters. The Labute approximate surface area is 114 Å². The Balaban J connectivity index is 2.01. The van der Waals surface area contributed by atoms with Gasteiger partial charge in [-0.1, -0.05) is 11.3 Å². The lowest BCUT2D eigenvalue weighted by Gasteiger charge is -2.33. The first-order chi connectivity index (χ1) is 8.70. The van der Waals surface area contributed by atoms with E-state index in [-0.39, 0.29) is 11.9 Å². The highest BCUT2D eigenvalue weighted by Gasteiger charge is 2.29. The van der Waals surface area contributed by atoms with Crippen LogP contribution in [0.5, 0.6) is 0 Å². The molecule has 0 saturated carbocycles. The Hall–Kier alpha value is -0.760. The standard InChI is InChI=1S/C10H15ClN4O2S/c1-2-12-9(16)7-6-17-4-3-15(7)5-8-13-14-10(11)18-8/h7H,2-6H2,1H3,(H,12,16). The van der Waals surface area contributed by atoms with Gasteiger partial charge in [0.2, 0.25) is 10.4 Å². The summed E-state index contributed by atoms with van der Waals surface area (Å²) < 4.78 is 5.79. The van der Waals surface area contributed by atoms with E-state index in [1.165, 1.54) is 11.3 Å². The Morgan fingerprint density at radius 1 is 1.67 bits per heavy atom. The van der Waals surface area contributed by atoms with Gasteiger partial charge in [-0.05, 0) is 18.5 Å². The van der Waals surface area contributed by atoms with Crippen LogP contribution in [0, 0.1) is 0 Å². The summed E-state index contributed by atoms with van der Waals surface area (Å²) >= 11 is 7.09. The normalized spacial score (nSPS) is 20.9. The first-order valence-corrected chi connectivity index (χ1v) is 6.97. The van der Waals surface area contributed by atoms with Crippen LogP contribution in [-0.2, 0) is 16.1 Å². The van der Waals surface area contributed by atoms with Gasteiger partial charge in [0.05, 0.1) is 19.8 Å². The van der Waals surface area contributed by atoms with E-state index in [1.54, 1.807) is 0 Å². The second-order valence-electron chi connectivity index (χ2n) is 3.90. The minimum atomic E-state index is -0.263. The van der Waals surface area contributed by atoms with Crippen LogP contribution in [0.3, 0.4) is 0 Å². The van der Waals surface area contributed by atoms with Crippen molar-refractivity contribution in [3.63, 3.8) is 0 Å². The SMILES string of the molecule is CCNC(=O)C1COCCN1Cc1nnc(Cl)s1. The van der Waals surface area contributed by atoms with Gasteiger partial charge in [-0.25, -0.2) is 0 Å². The van der Waals surface area contributed by atoms with E-state index < -0.39 is 0 Å². The summed E-state index contributed by atoms with van der Waals surface area (Å²) in [5, 5.41) is 11.4. The molecule has 0 bridgehead atoms. The lowest BCUT2D eigenvalue weighted by atomic mass is 10.2. The van der Waals surface area contributed by atoms with Crippen molar-refractivity contribution in [1.82, 2.24) is 20.4 Å². The number of hydrogen-bond donors (Lipinski definition) is 1. The van der Waals surface area contributed by atoms with E-state index in [1.807, 2.05) is 11.8 Å². The number of halogens is 1. The average Bonchev–Trinajstić information content (AvgIpc) is 2.76. The Morgan fingerprint density at radius 3 is 3.17 bits per heavy atom. The van der Waals surface area contributed by atoms with Gasteiger partial charge in [0, 0.05) is 13.1 Å². The van der Waals surface area contributed by atoms with Crippen LogP contribution < -0.4 is 5.32 Å². The maximum Gasteiger partial charge on any atom is 0.239 e. The van der Waals surface area contributed by atoms with Crippen LogP contribution in [0.15, 0.2) is 0 Å². The molecule has 1 N–H and O–H groups in total. The number of ether oxygens (including phenoxy) is 1. The van der Waals surface area contributed by atoms with Crippen LogP contribution in [0.4, 0.5) is 0 Å². The molecule has 1 aromatic heterocycles. The Morgan fingerprint density at radius 2 is 2.50 bits per heavy atom. The second kappa shape index (κ2) is 6.42. The van der Waals surface area contributed by atoms with E-state index in [2.05, 4.69) is 15.5 Å². The number of aromatic nitrogens is 2. The van der Waals surface area contributed by atoms with Crippen molar-refractivity contribution in [3.8, 4) is 0 Å². The highest BCUT2D eigenvalue weighted by Crippen LogP contribution is 2.18. The Kier molecular flexibility index (Phi) is 4.87. The van der Waals surface area contributed by atoms with Gasteiger partial charge in [-0.3, -0.25) is 9.69 Å². The first kappa shape index (κ1) is 13.7. The van der Waals surface area contributed by atoms with E-state index in [0.29, 0.717) is 37.3 Å². The van der Waals surface area contributed by atoms with Crippen LogP contribution in [0.2, 0.25) is 4.47 Å². The van der Waals surface area contributed by atoms with Gasteiger partial charge in [-0.2, -0.15) is 0 Å². The third kappa shape index (κ3) is 3.38. The molecule has 1 saturated heterocycles. The van der Waals surface area contributed by atoms with Crippen LogP contribution in [0.25, 0.3) is 0 Å². The molecule has 0 spiro atoms.